The van der Waals surface area contributed by atoms with Crippen LogP contribution in [0.5, 0.6) is 0 Å². The van der Waals surface area contributed by atoms with Gasteiger partial charge in [0, 0.05) is 0 Å². The Bertz CT molecular complexity index is 40.0. The van der Waals surface area contributed by atoms with Crippen LogP contribution < -0.4 is 0 Å². The molecule has 0 radical (unpaired) electrons. The number of hydrogen-bond acceptors (Lipinski definition) is 3. The van der Waals surface area contributed by atoms with Gasteiger partial charge in [-0.1, -0.05) is 0 Å². The van der Waals surface area contributed by atoms with Crippen LogP contribution in [-0.4, -0.2) is 14.7 Å². The van der Waals surface area contributed by atoms with Crippen LogP contribution in [0.1, 0.15) is 13.8 Å². The summed E-state index contributed by atoms with van der Waals surface area (Å²) in [6.45, 7) is 4.59. The Balaban J connectivity index is 0. The molecule has 0 bridgehead atoms. The maximum atomic E-state index is 7.23. The van der Waals surface area contributed by atoms with Gasteiger partial charge < -0.3 is 14.7 Å². The van der Waals surface area contributed by atoms with E-state index in [0.29, 0.717) is 0 Å². The maximum absolute atomic E-state index is 7.23. The molecule has 0 rings (SSSR count). The summed E-state index contributed by atoms with van der Waals surface area (Å²) in [5.74, 6) is 0. The molecule has 0 amide bonds. The third kappa shape index (κ3) is 49.9. The Kier molecular flexibility index (Phi) is 16.4. The zero-order chi connectivity index (χ0) is 7.70. The molecular formula is C4H13O3PZn. The summed E-state index contributed by atoms with van der Waals surface area (Å²) in [4.78, 5) is 21.7. The van der Waals surface area contributed by atoms with E-state index in [0.717, 1.165) is 0 Å². The first-order chi connectivity index (χ1) is 4.15. The first-order valence-electron chi connectivity index (χ1n) is 3.01. The van der Waals surface area contributed by atoms with Crippen molar-refractivity contribution in [2.75, 3.05) is 0 Å². The largest absolute Gasteiger partial charge is 0.328 e. The fourth-order valence-electron chi connectivity index (χ4n) is 0.354. The molecule has 0 saturated heterocycles. The smallest absolute Gasteiger partial charge is 0.324 e. The second-order valence-corrected chi connectivity index (χ2v) is 7.84. The molecular weight excluding hydrogens is 192 g/mol. The Morgan fingerprint density at radius 1 is 1.11 bits per heavy atom. The van der Waals surface area contributed by atoms with Gasteiger partial charge in [0.15, 0.2) is 0 Å². The average molecular weight is 206 g/mol. The van der Waals surface area contributed by atoms with Gasteiger partial charge in [0.1, 0.15) is 0 Å². The quantitative estimate of drug-likeness (QED) is 0.468. The van der Waals surface area contributed by atoms with Gasteiger partial charge in [-0.3, -0.25) is 0 Å². The Labute approximate surface area is 64.7 Å². The molecule has 0 heterocycles. The van der Waals surface area contributed by atoms with Crippen molar-refractivity contribution in [3.8, 4) is 0 Å². The first-order valence-corrected chi connectivity index (χ1v) is 8.41. The van der Waals surface area contributed by atoms with E-state index in [1.54, 1.807) is 0 Å². The van der Waals surface area contributed by atoms with Gasteiger partial charge in [0.05, 0.1) is 0 Å². The summed E-state index contributed by atoms with van der Waals surface area (Å²) in [6.07, 6.45) is 0. The van der Waals surface area contributed by atoms with Gasteiger partial charge in [-0.05, 0) is 0 Å². The fourth-order valence-corrected chi connectivity index (χ4v) is 1.84. The standard InChI is InChI=1S/2C2H5.H3O3P.Zn/c2*1-2;1-4(2)3;/h2*1H2,2H3;1-3H;. The van der Waals surface area contributed by atoms with Crippen LogP contribution in [0.4, 0.5) is 0 Å². The van der Waals surface area contributed by atoms with E-state index in [1.165, 1.54) is 10.0 Å². The molecule has 54 valence electrons. The molecule has 3 N–H and O–H groups in total. The summed E-state index contributed by atoms with van der Waals surface area (Å²) >= 11 is 0.0972. The molecule has 5 heteroatoms. The van der Waals surface area contributed by atoms with E-state index < -0.39 is 8.60 Å². The molecule has 0 saturated carbocycles. The minimum atomic E-state index is -2.62. The van der Waals surface area contributed by atoms with E-state index >= 15 is 0 Å². The Morgan fingerprint density at radius 3 is 1.33 bits per heavy atom. The van der Waals surface area contributed by atoms with Crippen LogP contribution in [-0.2, 0) is 17.1 Å². The number of hydrogen-bond donors (Lipinski definition) is 3. The van der Waals surface area contributed by atoms with E-state index in [9.17, 15) is 0 Å². The van der Waals surface area contributed by atoms with Crippen molar-refractivity contribution in [2.45, 2.75) is 23.9 Å². The molecule has 3 nitrogen and oxygen atoms in total. The predicted octanol–water partition coefficient (Wildman–Crippen LogP) is 1.14. The van der Waals surface area contributed by atoms with E-state index in [1.807, 2.05) is 0 Å². The van der Waals surface area contributed by atoms with Gasteiger partial charge >= 0.3 is 49.6 Å². The molecule has 0 aromatic rings. The van der Waals surface area contributed by atoms with Gasteiger partial charge in [0.2, 0.25) is 0 Å². The van der Waals surface area contributed by atoms with E-state index in [4.69, 9.17) is 14.7 Å². The van der Waals surface area contributed by atoms with Crippen molar-refractivity contribution in [1.82, 2.24) is 0 Å². The van der Waals surface area contributed by atoms with Crippen LogP contribution in [0.25, 0.3) is 0 Å². The van der Waals surface area contributed by atoms with Gasteiger partial charge in [-0.15, -0.1) is 0 Å². The second kappa shape index (κ2) is 11.7. The number of rotatable bonds is 2. The molecule has 0 fully saturated rings. The van der Waals surface area contributed by atoms with Crippen molar-refractivity contribution in [1.29, 1.82) is 0 Å². The van der Waals surface area contributed by atoms with E-state index in [2.05, 4.69) is 13.8 Å². The fraction of sp³-hybridized carbons (Fsp3) is 1.00. The molecule has 0 spiro atoms. The maximum Gasteiger partial charge on any atom is 0.324 e. The minimum absolute atomic E-state index is 0.0972. The normalized spacial score (nSPS) is 7.78. The molecule has 0 aromatic carbocycles. The summed E-state index contributed by atoms with van der Waals surface area (Å²) in [7, 11) is -2.62. The Hall–Kier alpha value is 0.933. The summed E-state index contributed by atoms with van der Waals surface area (Å²) in [5, 5.41) is 3.06. The van der Waals surface area contributed by atoms with Gasteiger partial charge in [0.25, 0.3) is 0 Å². The zero-order valence-electron chi connectivity index (χ0n) is 5.91. The topological polar surface area (TPSA) is 60.7 Å². The van der Waals surface area contributed by atoms with E-state index in [-0.39, 0.29) is 17.1 Å². The first kappa shape index (κ1) is 12.6. The summed E-state index contributed by atoms with van der Waals surface area (Å²) in [6, 6.07) is 0. The predicted molar refractivity (Wildman–Crippen MR) is 34.5 cm³/mol. The van der Waals surface area contributed by atoms with Crippen LogP contribution in [0.2, 0.25) is 10.0 Å². The zero-order valence-corrected chi connectivity index (χ0v) is 9.77. The van der Waals surface area contributed by atoms with Crippen LogP contribution >= 0.6 is 8.60 Å². The molecule has 0 aromatic heterocycles. The monoisotopic (exact) mass is 204 g/mol. The third-order valence-electron chi connectivity index (χ3n) is 0.707. The third-order valence-corrected chi connectivity index (χ3v) is 3.67. The molecule has 0 unspecified atom stereocenters. The van der Waals surface area contributed by atoms with Crippen molar-refractivity contribution in [3.63, 3.8) is 0 Å². The van der Waals surface area contributed by atoms with Crippen molar-refractivity contribution in [3.05, 3.63) is 0 Å². The minimum Gasteiger partial charge on any atom is -0.328 e. The SMILES string of the molecule is C[CH2][Zn][CH2]C.OP(O)O. The Morgan fingerprint density at radius 2 is 1.33 bits per heavy atom. The van der Waals surface area contributed by atoms with Crippen molar-refractivity contribution >= 4 is 8.60 Å². The average Bonchev–Trinajstić information content (AvgIpc) is 1.66. The molecule has 9 heavy (non-hydrogen) atoms. The molecule has 0 aliphatic carbocycles. The summed E-state index contributed by atoms with van der Waals surface area (Å²) in [5.41, 5.74) is 0. The van der Waals surface area contributed by atoms with Crippen LogP contribution in [0, 0.1) is 0 Å². The molecule has 0 aliphatic heterocycles. The van der Waals surface area contributed by atoms with Crippen LogP contribution in [0.3, 0.4) is 0 Å². The van der Waals surface area contributed by atoms with Gasteiger partial charge in [-0.2, -0.15) is 0 Å². The van der Waals surface area contributed by atoms with Crippen molar-refractivity contribution < 1.29 is 31.8 Å². The van der Waals surface area contributed by atoms with Gasteiger partial charge in [-0.25, -0.2) is 0 Å². The van der Waals surface area contributed by atoms with Crippen molar-refractivity contribution in [2.24, 2.45) is 0 Å². The molecule has 0 aliphatic rings. The molecule has 0 atom stereocenters. The second-order valence-electron chi connectivity index (χ2n) is 1.62. The van der Waals surface area contributed by atoms with Crippen LogP contribution in [0.15, 0.2) is 0 Å². The summed E-state index contributed by atoms with van der Waals surface area (Å²) < 4.78 is 0.